The molecule has 0 spiro atoms. The average molecular weight is 369 g/mol. The van der Waals surface area contributed by atoms with Crippen LogP contribution in [0.5, 0.6) is 5.75 Å². The third kappa shape index (κ3) is 3.58. The highest BCUT2D eigenvalue weighted by molar-refractivity contribution is 5.78. The van der Waals surface area contributed by atoms with Gasteiger partial charge in [-0.25, -0.2) is 9.18 Å². The first-order valence-corrected chi connectivity index (χ1v) is 8.97. The van der Waals surface area contributed by atoms with Crippen LogP contribution in [0.2, 0.25) is 0 Å². The van der Waals surface area contributed by atoms with Crippen molar-refractivity contribution in [2.24, 2.45) is 0 Å². The highest BCUT2D eigenvalue weighted by Crippen LogP contribution is 2.25. The number of carbonyl (C=O) groups is 1. The summed E-state index contributed by atoms with van der Waals surface area (Å²) >= 11 is 0. The van der Waals surface area contributed by atoms with E-state index in [1.807, 2.05) is 24.3 Å². The summed E-state index contributed by atoms with van der Waals surface area (Å²) in [6.07, 6.45) is 1.42. The normalized spacial score (nSPS) is 15.2. The largest absolute Gasteiger partial charge is 0.484 e. The summed E-state index contributed by atoms with van der Waals surface area (Å²) in [5.41, 5.74) is 1.61. The lowest BCUT2D eigenvalue weighted by Crippen LogP contribution is -2.42. The van der Waals surface area contributed by atoms with Gasteiger partial charge in [0.2, 0.25) is 0 Å². The number of nitrogens with one attached hydrogen (secondary N) is 1. The van der Waals surface area contributed by atoms with E-state index in [0.717, 1.165) is 11.0 Å². The van der Waals surface area contributed by atoms with Gasteiger partial charge in [0.1, 0.15) is 11.6 Å². The second-order valence-electron chi connectivity index (χ2n) is 6.67. The van der Waals surface area contributed by atoms with Gasteiger partial charge in [-0.3, -0.25) is 9.36 Å². The Balaban J connectivity index is 1.37. The van der Waals surface area contributed by atoms with E-state index < -0.39 is 0 Å². The lowest BCUT2D eigenvalue weighted by Gasteiger charge is -2.32. The van der Waals surface area contributed by atoms with Crippen LogP contribution in [-0.4, -0.2) is 40.1 Å². The number of likely N-dealkylation sites (tertiary alicyclic amines) is 1. The van der Waals surface area contributed by atoms with E-state index in [1.165, 1.54) is 24.3 Å². The summed E-state index contributed by atoms with van der Waals surface area (Å²) in [6, 6.07) is 13.3. The van der Waals surface area contributed by atoms with E-state index in [-0.39, 0.29) is 30.1 Å². The Kier molecular flexibility index (Phi) is 4.66. The number of ether oxygens (including phenoxy) is 1. The van der Waals surface area contributed by atoms with Crippen LogP contribution in [0.25, 0.3) is 11.0 Å². The van der Waals surface area contributed by atoms with E-state index in [0.29, 0.717) is 31.7 Å². The molecule has 27 heavy (non-hydrogen) atoms. The maximum Gasteiger partial charge on any atom is 0.326 e. The highest BCUT2D eigenvalue weighted by Gasteiger charge is 2.26. The van der Waals surface area contributed by atoms with Gasteiger partial charge in [0.15, 0.2) is 6.61 Å². The quantitative estimate of drug-likeness (QED) is 0.769. The number of hydrogen-bond acceptors (Lipinski definition) is 3. The van der Waals surface area contributed by atoms with Crippen LogP contribution >= 0.6 is 0 Å². The first kappa shape index (κ1) is 17.3. The lowest BCUT2D eigenvalue weighted by atomic mass is 10.0. The molecule has 7 heteroatoms. The van der Waals surface area contributed by atoms with Crippen LogP contribution < -0.4 is 10.4 Å². The minimum absolute atomic E-state index is 0.0655. The fraction of sp³-hybridized carbons (Fsp3) is 0.300. The first-order chi connectivity index (χ1) is 13.1. The van der Waals surface area contributed by atoms with Crippen molar-refractivity contribution in [3.05, 3.63) is 64.8 Å². The number of amides is 1. The molecule has 6 nitrogen and oxygen atoms in total. The first-order valence-electron chi connectivity index (χ1n) is 8.97. The van der Waals surface area contributed by atoms with Crippen molar-refractivity contribution in [2.75, 3.05) is 19.7 Å². The predicted molar refractivity (Wildman–Crippen MR) is 99.3 cm³/mol. The minimum atomic E-state index is -0.344. The molecule has 1 N–H and O–H groups in total. The zero-order valence-electron chi connectivity index (χ0n) is 14.7. The number of imidazole rings is 1. The number of rotatable bonds is 4. The number of hydrogen-bond donors (Lipinski definition) is 1. The van der Waals surface area contributed by atoms with Crippen LogP contribution in [0.15, 0.2) is 53.3 Å². The number of para-hydroxylation sites is 2. The third-order valence-corrected chi connectivity index (χ3v) is 4.98. The second kappa shape index (κ2) is 7.26. The second-order valence-corrected chi connectivity index (χ2v) is 6.67. The zero-order chi connectivity index (χ0) is 18.8. The Hall–Kier alpha value is -3.09. The molecule has 1 aromatic heterocycles. The predicted octanol–water partition coefficient (Wildman–Crippen LogP) is 2.71. The molecule has 1 saturated heterocycles. The number of carbonyl (C=O) groups excluding carboxylic acids is 1. The van der Waals surface area contributed by atoms with Crippen molar-refractivity contribution in [3.8, 4) is 5.75 Å². The van der Waals surface area contributed by atoms with Crippen LogP contribution in [-0.2, 0) is 4.79 Å². The van der Waals surface area contributed by atoms with Gasteiger partial charge in [0.25, 0.3) is 5.91 Å². The molecule has 0 aliphatic carbocycles. The molecule has 2 heterocycles. The summed E-state index contributed by atoms with van der Waals surface area (Å²) < 4.78 is 20.1. The van der Waals surface area contributed by atoms with Crippen molar-refractivity contribution in [1.82, 2.24) is 14.5 Å². The van der Waals surface area contributed by atoms with Gasteiger partial charge in [-0.2, -0.15) is 0 Å². The topological polar surface area (TPSA) is 67.3 Å². The summed E-state index contributed by atoms with van der Waals surface area (Å²) in [5.74, 6) is 0.0114. The van der Waals surface area contributed by atoms with Gasteiger partial charge >= 0.3 is 5.69 Å². The molecule has 2 aromatic carbocycles. The number of aromatic nitrogens is 2. The average Bonchev–Trinajstić information content (AvgIpc) is 3.03. The molecule has 1 aliphatic rings. The SMILES string of the molecule is O=C(COc1ccc(F)cc1)N1CCC(n2c(=O)[nH]c3ccccc32)CC1. The van der Waals surface area contributed by atoms with E-state index in [1.54, 1.807) is 9.47 Å². The summed E-state index contributed by atoms with van der Waals surface area (Å²) in [7, 11) is 0. The molecule has 1 amide bonds. The number of fused-ring (bicyclic) bond motifs is 1. The zero-order valence-corrected chi connectivity index (χ0v) is 14.7. The Morgan fingerprint density at radius 1 is 1.11 bits per heavy atom. The Bertz CT molecular complexity index is 1000. The van der Waals surface area contributed by atoms with Crippen LogP contribution in [0.1, 0.15) is 18.9 Å². The molecule has 3 aromatic rings. The smallest absolute Gasteiger partial charge is 0.326 e. The van der Waals surface area contributed by atoms with Crippen molar-refractivity contribution in [3.63, 3.8) is 0 Å². The summed E-state index contributed by atoms with van der Waals surface area (Å²) in [6.45, 7) is 1.06. The molecule has 4 rings (SSSR count). The fourth-order valence-electron chi connectivity index (χ4n) is 3.58. The van der Waals surface area contributed by atoms with Gasteiger partial charge in [0.05, 0.1) is 11.0 Å². The van der Waals surface area contributed by atoms with Gasteiger partial charge in [0, 0.05) is 19.1 Å². The maximum absolute atomic E-state index is 12.9. The van der Waals surface area contributed by atoms with E-state index in [2.05, 4.69) is 4.98 Å². The number of piperidine rings is 1. The van der Waals surface area contributed by atoms with Crippen LogP contribution in [0.4, 0.5) is 4.39 Å². The molecule has 0 atom stereocenters. The Morgan fingerprint density at radius 3 is 2.56 bits per heavy atom. The molecule has 0 unspecified atom stereocenters. The molecular weight excluding hydrogens is 349 g/mol. The number of halogens is 1. The van der Waals surface area contributed by atoms with E-state index in [9.17, 15) is 14.0 Å². The number of aromatic amines is 1. The molecule has 140 valence electrons. The van der Waals surface area contributed by atoms with Crippen molar-refractivity contribution >= 4 is 16.9 Å². The van der Waals surface area contributed by atoms with Gasteiger partial charge in [-0.05, 0) is 49.2 Å². The fourth-order valence-corrected chi connectivity index (χ4v) is 3.58. The number of benzene rings is 2. The monoisotopic (exact) mass is 369 g/mol. The van der Waals surface area contributed by atoms with Crippen LogP contribution in [0, 0.1) is 5.82 Å². The van der Waals surface area contributed by atoms with E-state index in [4.69, 9.17) is 4.74 Å². The number of H-pyrrole nitrogens is 1. The molecular formula is C20H20FN3O3. The molecule has 0 saturated carbocycles. The van der Waals surface area contributed by atoms with E-state index >= 15 is 0 Å². The summed E-state index contributed by atoms with van der Waals surface area (Å²) in [5, 5.41) is 0. The molecule has 1 fully saturated rings. The minimum Gasteiger partial charge on any atom is -0.484 e. The van der Waals surface area contributed by atoms with Gasteiger partial charge in [-0.15, -0.1) is 0 Å². The number of nitrogens with zero attached hydrogens (tertiary/aromatic N) is 2. The van der Waals surface area contributed by atoms with Crippen molar-refractivity contribution < 1.29 is 13.9 Å². The van der Waals surface area contributed by atoms with Gasteiger partial charge < -0.3 is 14.6 Å². The lowest BCUT2D eigenvalue weighted by molar-refractivity contribution is -0.134. The molecule has 0 radical (unpaired) electrons. The summed E-state index contributed by atoms with van der Waals surface area (Å²) in [4.78, 5) is 29.3. The van der Waals surface area contributed by atoms with Gasteiger partial charge in [-0.1, -0.05) is 12.1 Å². The molecule has 0 bridgehead atoms. The maximum atomic E-state index is 12.9. The van der Waals surface area contributed by atoms with Crippen molar-refractivity contribution in [1.29, 1.82) is 0 Å². The highest BCUT2D eigenvalue weighted by atomic mass is 19.1. The Labute approximate surface area is 155 Å². The van der Waals surface area contributed by atoms with Crippen molar-refractivity contribution in [2.45, 2.75) is 18.9 Å². The third-order valence-electron chi connectivity index (χ3n) is 4.98. The Morgan fingerprint density at radius 2 is 1.81 bits per heavy atom. The van der Waals surface area contributed by atoms with Crippen LogP contribution in [0.3, 0.4) is 0 Å². The standard InChI is InChI=1S/C20H20FN3O3/c21-14-5-7-16(8-6-14)27-13-19(25)23-11-9-15(10-12-23)24-18-4-2-1-3-17(18)22-20(24)26/h1-8,15H,9-13H2,(H,22,26). The molecule has 1 aliphatic heterocycles.